The minimum Gasteiger partial charge on any atom is -0.355 e. The van der Waals surface area contributed by atoms with Crippen LogP contribution in [0.15, 0.2) is 0 Å². The molecule has 1 unspecified atom stereocenters. The van der Waals surface area contributed by atoms with E-state index in [0.717, 1.165) is 0 Å². The van der Waals surface area contributed by atoms with Crippen molar-refractivity contribution in [3.63, 3.8) is 0 Å². The molecule has 1 aliphatic heterocycles. The number of rotatable bonds is 5. The Morgan fingerprint density at radius 2 is 2.17 bits per heavy atom. The molecular weight excluding hydrogens is 256 g/mol. The van der Waals surface area contributed by atoms with Crippen molar-refractivity contribution in [3.05, 3.63) is 0 Å². The van der Waals surface area contributed by atoms with Gasteiger partial charge in [0.25, 0.3) is 10.2 Å². The lowest BCUT2D eigenvalue weighted by molar-refractivity contribution is -0.125. The summed E-state index contributed by atoms with van der Waals surface area (Å²) in [4.78, 5) is 11.9. The van der Waals surface area contributed by atoms with Gasteiger partial charge in [-0.25, -0.2) is 0 Å². The highest BCUT2D eigenvalue weighted by molar-refractivity contribution is 7.87. The maximum Gasteiger partial charge on any atom is 0.280 e. The van der Waals surface area contributed by atoms with Gasteiger partial charge in [0.15, 0.2) is 0 Å². The first kappa shape index (κ1) is 15.4. The maximum absolute atomic E-state index is 12.1. The van der Waals surface area contributed by atoms with Gasteiger partial charge in [0.05, 0.1) is 0 Å². The first-order valence-corrected chi connectivity index (χ1v) is 7.60. The van der Waals surface area contributed by atoms with E-state index in [1.807, 2.05) is 0 Å². The highest BCUT2D eigenvalue weighted by Crippen LogP contribution is 2.09. The molecule has 18 heavy (non-hydrogen) atoms. The molecular formula is C10H22N4O3S. The number of hydrogen-bond acceptors (Lipinski definition) is 4. The van der Waals surface area contributed by atoms with Crippen molar-refractivity contribution in [1.82, 2.24) is 19.7 Å². The molecule has 1 fully saturated rings. The van der Waals surface area contributed by atoms with Gasteiger partial charge in [0.2, 0.25) is 5.91 Å². The van der Waals surface area contributed by atoms with Gasteiger partial charge in [0, 0.05) is 32.2 Å². The number of nitrogens with one attached hydrogen (secondary N) is 3. The Balaban J connectivity index is 2.85. The van der Waals surface area contributed by atoms with Gasteiger partial charge < -0.3 is 10.6 Å². The first-order chi connectivity index (χ1) is 8.38. The van der Waals surface area contributed by atoms with Crippen LogP contribution in [-0.4, -0.2) is 56.9 Å². The molecule has 0 radical (unpaired) electrons. The molecule has 1 amide bonds. The van der Waals surface area contributed by atoms with Crippen molar-refractivity contribution in [3.8, 4) is 0 Å². The van der Waals surface area contributed by atoms with E-state index in [-0.39, 0.29) is 11.9 Å². The van der Waals surface area contributed by atoms with Crippen LogP contribution in [-0.2, 0) is 15.0 Å². The average Bonchev–Trinajstić information content (AvgIpc) is 2.27. The van der Waals surface area contributed by atoms with E-state index >= 15 is 0 Å². The van der Waals surface area contributed by atoms with Gasteiger partial charge in [-0.1, -0.05) is 0 Å². The van der Waals surface area contributed by atoms with Crippen LogP contribution in [0.2, 0.25) is 0 Å². The van der Waals surface area contributed by atoms with Crippen LogP contribution in [0.25, 0.3) is 0 Å². The quantitative estimate of drug-likeness (QED) is 0.579. The van der Waals surface area contributed by atoms with Crippen LogP contribution in [0.3, 0.4) is 0 Å². The Kier molecular flexibility index (Phi) is 5.51. The van der Waals surface area contributed by atoms with E-state index in [1.54, 1.807) is 20.8 Å². The van der Waals surface area contributed by atoms with Crippen molar-refractivity contribution >= 4 is 16.1 Å². The van der Waals surface area contributed by atoms with E-state index in [2.05, 4.69) is 15.4 Å². The lowest BCUT2D eigenvalue weighted by Gasteiger charge is -2.34. The molecule has 0 aromatic heterocycles. The smallest absolute Gasteiger partial charge is 0.280 e. The van der Waals surface area contributed by atoms with Crippen molar-refractivity contribution in [1.29, 1.82) is 0 Å². The second-order valence-corrected chi connectivity index (χ2v) is 6.16. The predicted octanol–water partition coefficient (Wildman–Crippen LogP) is -1.36. The maximum atomic E-state index is 12.1. The Hall–Kier alpha value is -0.700. The van der Waals surface area contributed by atoms with E-state index in [9.17, 15) is 13.2 Å². The standard InChI is InChI=1S/C10H22N4O3S/c1-4-12-10(15)9-7-11-5-6-14(9)18(16,17)13-8(2)3/h8-9,11,13H,4-7H2,1-3H3,(H,12,15). The Labute approximate surface area is 108 Å². The molecule has 106 valence electrons. The second-order valence-electron chi connectivity index (χ2n) is 4.50. The minimum atomic E-state index is -3.61. The number of likely N-dealkylation sites (N-methyl/N-ethyl adjacent to an activating group) is 1. The van der Waals surface area contributed by atoms with E-state index < -0.39 is 16.3 Å². The Morgan fingerprint density at radius 1 is 1.50 bits per heavy atom. The summed E-state index contributed by atoms with van der Waals surface area (Å²) in [6.07, 6.45) is 0. The van der Waals surface area contributed by atoms with Gasteiger partial charge in [-0.15, -0.1) is 0 Å². The number of piperazine rings is 1. The largest absolute Gasteiger partial charge is 0.355 e. The monoisotopic (exact) mass is 278 g/mol. The van der Waals surface area contributed by atoms with Gasteiger partial charge in [-0.3, -0.25) is 4.79 Å². The molecule has 8 heteroatoms. The normalized spacial score (nSPS) is 22.1. The summed E-state index contributed by atoms with van der Waals surface area (Å²) in [7, 11) is -3.61. The number of hydrogen-bond donors (Lipinski definition) is 3. The molecule has 1 heterocycles. The average molecular weight is 278 g/mol. The van der Waals surface area contributed by atoms with Gasteiger partial charge in [-0.2, -0.15) is 17.4 Å². The van der Waals surface area contributed by atoms with Crippen LogP contribution in [0, 0.1) is 0 Å². The summed E-state index contributed by atoms with van der Waals surface area (Å²) in [6.45, 7) is 6.98. The first-order valence-electron chi connectivity index (χ1n) is 6.16. The van der Waals surface area contributed by atoms with E-state index in [0.29, 0.717) is 26.2 Å². The fourth-order valence-electron chi connectivity index (χ4n) is 1.85. The van der Waals surface area contributed by atoms with Crippen molar-refractivity contribution in [2.45, 2.75) is 32.9 Å². The molecule has 1 saturated heterocycles. The number of carbonyl (C=O) groups excluding carboxylic acids is 1. The highest BCUT2D eigenvalue weighted by Gasteiger charge is 2.36. The second kappa shape index (κ2) is 6.46. The SMILES string of the molecule is CCNC(=O)C1CNCCN1S(=O)(=O)NC(C)C. The third-order valence-corrected chi connectivity index (χ3v) is 4.37. The summed E-state index contributed by atoms with van der Waals surface area (Å²) in [6, 6.07) is -0.880. The fourth-order valence-corrected chi connectivity index (χ4v) is 3.42. The lowest BCUT2D eigenvalue weighted by Crippen LogP contribution is -2.62. The zero-order chi connectivity index (χ0) is 13.8. The van der Waals surface area contributed by atoms with Crippen LogP contribution < -0.4 is 15.4 Å². The molecule has 1 aliphatic rings. The third-order valence-electron chi connectivity index (χ3n) is 2.54. The molecule has 0 aromatic rings. The van der Waals surface area contributed by atoms with Crippen LogP contribution in [0.1, 0.15) is 20.8 Å². The Morgan fingerprint density at radius 3 is 2.72 bits per heavy atom. The van der Waals surface area contributed by atoms with Gasteiger partial charge >= 0.3 is 0 Å². The third kappa shape index (κ3) is 3.91. The van der Waals surface area contributed by atoms with E-state index in [1.165, 1.54) is 4.31 Å². The highest BCUT2D eigenvalue weighted by atomic mass is 32.2. The van der Waals surface area contributed by atoms with Crippen LogP contribution >= 0.6 is 0 Å². The van der Waals surface area contributed by atoms with Gasteiger partial charge in [-0.05, 0) is 20.8 Å². The molecule has 7 nitrogen and oxygen atoms in total. The topological polar surface area (TPSA) is 90.5 Å². The molecule has 3 N–H and O–H groups in total. The van der Waals surface area contributed by atoms with Crippen molar-refractivity contribution < 1.29 is 13.2 Å². The lowest BCUT2D eigenvalue weighted by atomic mass is 10.2. The molecule has 0 aliphatic carbocycles. The fraction of sp³-hybridized carbons (Fsp3) is 0.900. The molecule has 1 rings (SSSR count). The molecule has 0 spiro atoms. The summed E-state index contributed by atoms with van der Waals surface area (Å²) in [5.74, 6) is -0.265. The number of carbonyl (C=O) groups is 1. The summed E-state index contributed by atoms with van der Waals surface area (Å²) >= 11 is 0. The zero-order valence-electron chi connectivity index (χ0n) is 11.1. The minimum absolute atomic E-state index is 0.195. The van der Waals surface area contributed by atoms with E-state index in [4.69, 9.17) is 0 Å². The van der Waals surface area contributed by atoms with Crippen LogP contribution in [0.4, 0.5) is 0 Å². The van der Waals surface area contributed by atoms with Gasteiger partial charge in [0.1, 0.15) is 6.04 Å². The Bertz CT molecular complexity index is 383. The molecule has 0 aromatic carbocycles. The molecule has 1 atom stereocenters. The predicted molar refractivity (Wildman–Crippen MR) is 69.2 cm³/mol. The number of amides is 1. The number of nitrogens with zero attached hydrogens (tertiary/aromatic N) is 1. The molecule has 0 saturated carbocycles. The summed E-state index contributed by atoms with van der Waals surface area (Å²) in [5.41, 5.74) is 0. The van der Waals surface area contributed by atoms with Crippen molar-refractivity contribution in [2.24, 2.45) is 0 Å². The molecule has 0 bridgehead atoms. The summed E-state index contributed by atoms with van der Waals surface area (Å²) in [5, 5.41) is 5.69. The zero-order valence-corrected chi connectivity index (χ0v) is 11.9. The van der Waals surface area contributed by atoms with Crippen LogP contribution in [0.5, 0.6) is 0 Å². The van der Waals surface area contributed by atoms with Crippen molar-refractivity contribution in [2.75, 3.05) is 26.2 Å². The summed E-state index contributed by atoms with van der Waals surface area (Å²) < 4.78 is 28.0.